The van der Waals surface area contributed by atoms with Crippen molar-refractivity contribution >= 4 is 54.8 Å². The van der Waals surface area contributed by atoms with Crippen LogP contribution >= 0.6 is 31.9 Å². The second kappa shape index (κ2) is 7.15. The van der Waals surface area contributed by atoms with E-state index < -0.39 is 11.6 Å². The zero-order valence-corrected chi connectivity index (χ0v) is 15.5. The molecule has 2 aromatic carbocycles. The van der Waals surface area contributed by atoms with E-state index in [0.29, 0.717) is 11.4 Å². The molecule has 0 radical (unpaired) electrons. The number of carbonyl (C=O) groups excluding carboxylic acids is 2. The van der Waals surface area contributed by atoms with Crippen LogP contribution in [0, 0.1) is 0 Å². The molecule has 3 rings (SSSR count). The Balaban J connectivity index is 1.86. The van der Waals surface area contributed by atoms with Gasteiger partial charge in [0.15, 0.2) is 0 Å². The van der Waals surface area contributed by atoms with E-state index in [9.17, 15) is 9.59 Å². The molecule has 0 saturated carbocycles. The Labute approximate surface area is 155 Å². The summed E-state index contributed by atoms with van der Waals surface area (Å²) in [5.74, 6) is -1.09. The number of halogens is 2. The molecule has 0 unspecified atom stereocenters. The van der Waals surface area contributed by atoms with Crippen LogP contribution in [0.25, 0.3) is 0 Å². The number of nitrogens with one attached hydrogen (secondary N) is 2. The highest BCUT2D eigenvalue weighted by molar-refractivity contribution is 9.10. The summed E-state index contributed by atoms with van der Waals surface area (Å²) in [6.07, 6.45) is 2.62. The summed E-state index contributed by atoms with van der Waals surface area (Å²) >= 11 is 6.76. The molecule has 1 aliphatic carbocycles. The molecule has 24 heavy (non-hydrogen) atoms. The third-order valence-electron chi connectivity index (χ3n) is 3.33. The van der Waals surface area contributed by atoms with Crippen molar-refractivity contribution in [1.82, 2.24) is 0 Å². The standard InChI is InChI=1S/C18H12Br2N2O2/c19-11-1-5-13(6-2-11)21-15-9-17(23)18(24)10-16(15)22-14-7-3-12(20)4-8-14/h1-10,21-22H. The number of hydrogen-bond donors (Lipinski definition) is 2. The van der Waals surface area contributed by atoms with Gasteiger partial charge in [0, 0.05) is 32.5 Å². The van der Waals surface area contributed by atoms with Crippen LogP contribution in [0.4, 0.5) is 11.4 Å². The first-order valence-corrected chi connectivity index (χ1v) is 8.67. The van der Waals surface area contributed by atoms with Crippen molar-refractivity contribution < 1.29 is 9.59 Å². The summed E-state index contributed by atoms with van der Waals surface area (Å²) in [5.41, 5.74) is 2.72. The molecule has 0 aliphatic heterocycles. The van der Waals surface area contributed by atoms with E-state index in [1.165, 1.54) is 12.2 Å². The molecule has 0 atom stereocenters. The molecule has 2 N–H and O–H groups in total. The summed E-state index contributed by atoms with van der Waals surface area (Å²) in [6.45, 7) is 0. The number of anilines is 2. The molecule has 0 fully saturated rings. The number of benzene rings is 2. The molecule has 0 saturated heterocycles. The predicted molar refractivity (Wildman–Crippen MR) is 102 cm³/mol. The van der Waals surface area contributed by atoms with Crippen molar-refractivity contribution in [2.45, 2.75) is 0 Å². The van der Waals surface area contributed by atoms with Gasteiger partial charge in [-0.2, -0.15) is 0 Å². The lowest BCUT2D eigenvalue weighted by molar-refractivity contribution is -0.131. The van der Waals surface area contributed by atoms with Crippen molar-refractivity contribution in [3.63, 3.8) is 0 Å². The summed E-state index contributed by atoms with van der Waals surface area (Å²) in [4.78, 5) is 23.5. The molecule has 6 heteroatoms. The summed E-state index contributed by atoms with van der Waals surface area (Å²) in [6, 6.07) is 15.1. The molecule has 4 nitrogen and oxygen atoms in total. The van der Waals surface area contributed by atoms with Crippen molar-refractivity contribution in [1.29, 1.82) is 0 Å². The first-order valence-electron chi connectivity index (χ1n) is 7.08. The largest absolute Gasteiger partial charge is 0.354 e. The minimum absolute atomic E-state index is 0.545. The number of rotatable bonds is 4. The zero-order chi connectivity index (χ0) is 17.1. The van der Waals surface area contributed by atoms with Gasteiger partial charge in [0.1, 0.15) is 0 Å². The van der Waals surface area contributed by atoms with Gasteiger partial charge in [-0.25, -0.2) is 0 Å². The predicted octanol–water partition coefficient (Wildman–Crippen LogP) is 4.66. The number of carbonyl (C=O) groups is 2. The topological polar surface area (TPSA) is 58.2 Å². The molecule has 0 spiro atoms. The Hall–Kier alpha value is -2.18. The van der Waals surface area contributed by atoms with E-state index in [1.54, 1.807) is 0 Å². The molecule has 0 amide bonds. The van der Waals surface area contributed by atoms with Gasteiger partial charge in [0.2, 0.25) is 11.6 Å². The third-order valence-corrected chi connectivity index (χ3v) is 4.39. The first kappa shape index (κ1) is 16.7. The smallest absolute Gasteiger partial charge is 0.227 e. The van der Waals surface area contributed by atoms with E-state index in [2.05, 4.69) is 42.5 Å². The molecule has 0 heterocycles. The van der Waals surface area contributed by atoms with Crippen LogP contribution in [0.3, 0.4) is 0 Å². The molecular weight excluding hydrogens is 436 g/mol. The second-order valence-electron chi connectivity index (χ2n) is 5.11. The van der Waals surface area contributed by atoms with E-state index in [-0.39, 0.29) is 0 Å². The highest BCUT2D eigenvalue weighted by Gasteiger charge is 2.20. The first-order chi connectivity index (χ1) is 11.5. The molecular formula is C18H12Br2N2O2. The molecule has 120 valence electrons. The van der Waals surface area contributed by atoms with Gasteiger partial charge in [0.25, 0.3) is 0 Å². The van der Waals surface area contributed by atoms with E-state index in [0.717, 1.165) is 20.3 Å². The van der Waals surface area contributed by atoms with E-state index in [1.807, 2.05) is 48.5 Å². The van der Waals surface area contributed by atoms with Crippen molar-refractivity contribution in [3.8, 4) is 0 Å². The molecule has 0 aromatic heterocycles. The summed E-state index contributed by atoms with van der Waals surface area (Å²) in [7, 11) is 0. The monoisotopic (exact) mass is 446 g/mol. The van der Waals surface area contributed by atoms with Crippen molar-refractivity contribution in [2.24, 2.45) is 0 Å². The summed E-state index contributed by atoms with van der Waals surface area (Å²) < 4.78 is 1.92. The van der Waals surface area contributed by atoms with Crippen LogP contribution in [-0.4, -0.2) is 11.6 Å². The zero-order valence-electron chi connectivity index (χ0n) is 12.3. The molecule has 2 aromatic rings. The van der Waals surface area contributed by atoms with Gasteiger partial charge in [-0.05, 0) is 48.5 Å². The van der Waals surface area contributed by atoms with Crippen LogP contribution in [0.1, 0.15) is 0 Å². The SMILES string of the molecule is O=C1C=C(Nc2ccc(Br)cc2)C(Nc2ccc(Br)cc2)=CC1=O. The Kier molecular flexibility index (Phi) is 4.97. The third kappa shape index (κ3) is 4.01. The Morgan fingerprint density at radius 1 is 0.583 bits per heavy atom. The maximum Gasteiger partial charge on any atom is 0.227 e. The lowest BCUT2D eigenvalue weighted by Gasteiger charge is -2.19. The van der Waals surface area contributed by atoms with Crippen molar-refractivity contribution in [2.75, 3.05) is 10.6 Å². The van der Waals surface area contributed by atoms with Crippen LogP contribution in [0.15, 0.2) is 81.0 Å². The number of allylic oxidation sites excluding steroid dienone is 2. The van der Waals surface area contributed by atoms with Crippen LogP contribution in [0.5, 0.6) is 0 Å². The molecule has 0 bridgehead atoms. The average molecular weight is 448 g/mol. The van der Waals surface area contributed by atoms with Gasteiger partial charge < -0.3 is 10.6 Å². The Bertz CT molecular complexity index is 780. The van der Waals surface area contributed by atoms with Gasteiger partial charge in [-0.1, -0.05) is 31.9 Å². The van der Waals surface area contributed by atoms with Crippen LogP contribution in [-0.2, 0) is 9.59 Å². The van der Waals surface area contributed by atoms with Crippen LogP contribution < -0.4 is 10.6 Å². The Morgan fingerprint density at radius 2 is 0.917 bits per heavy atom. The summed E-state index contributed by atoms with van der Waals surface area (Å²) in [5, 5.41) is 6.34. The lowest BCUT2D eigenvalue weighted by Crippen LogP contribution is -2.21. The molecule has 1 aliphatic rings. The lowest BCUT2D eigenvalue weighted by atomic mass is 10.1. The number of ketones is 2. The van der Waals surface area contributed by atoms with E-state index in [4.69, 9.17) is 0 Å². The minimum Gasteiger partial charge on any atom is -0.354 e. The number of hydrogen-bond acceptors (Lipinski definition) is 4. The fourth-order valence-corrected chi connectivity index (χ4v) is 2.67. The van der Waals surface area contributed by atoms with E-state index >= 15 is 0 Å². The van der Waals surface area contributed by atoms with Crippen LogP contribution in [0.2, 0.25) is 0 Å². The fraction of sp³-hybridized carbons (Fsp3) is 0. The second-order valence-corrected chi connectivity index (χ2v) is 6.94. The fourth-order valence-electron chi connectivity index (χ4n) is 2.14. The maximum atomic E-state index is 11.7. The van der Waals surface area contributed by atoms with Gasteiger partial charge >= 0.3 is 0 Å². The minimum atomic E-state index is -0.545. The van der Waals surface area contributed by atoms with Gasteiger partial charge in [-0.15, -0.1) is 0 Å². The highest BCUT2D eigenvalue weighted by Crippen LogP contribution is 2.23. The normalized spacial score (nSPS) is 14.1. The Morgan fingerprint density at radius 3 is 1.25 bits per heavy atom. The average Bonchev–Trinajstić information content (AvgIpc) is 2.56. The highest BCUT2D eigenvalue weighted by atomic mass is 79.9. The van der Waals surface area contributed by atoms with Gasteiger partial charge in [-0.3, -0.25) is 9.59 Å². The van der Waals surface area contributed by atoms with Gasteiger partial charge in [0.05, 0.1) is 11.4 Å². The quantitative estimate of drug-likeness (QED) is 0.528. The maximum absolute atomic E-state index is 11.7. The van der Waals surface area contributed by atoms with Crippen molar-refractivity contribution in [3.05, 3.63) is 81.0 Å².